The molecule has 7 nitrogen and oxygen atoms in total. The largest absolute Gasteiger partial charge is 0.283 e. The van der Waals surface area contributed by atoms with Gasteiger partial charge in [-0.3, -0.25) is 14.7 Å². The summed E-state index contributed by atoms with van der Waals surface area (Å²) in [5.74, 6) is -3.63. The number of anilines is 1. The van der Waals surface area contributed by atoms with Gasteiger partial charge in [-0.25, -0.2) is 26.6 Å². The van der Waals surface area contributed by atoms with Gasteiger partial charge in [0.25, 0.3) is 0 Å². The molecular weight excluding hydrogens is 525 g/mol. The van der Waals surface area contributed by atoms with E-state index < -0.39 is 33.4 Å². The number of benzene rings is 2. The van der Waals surface area contributed by atoms with E-state index in [0.717, 1.165) is 17.7 Å². The van der Waals surface area contributed by atoms with E-state index in [9.17, 15) is 26.4 Å². The fraction of sp³-hybridized carbons (Fsp3) is 0.240. The van der Waals surface area contributed by atoms with E-state index >= 15 is 0 Å². The molecule has 0 bridgehead atoms. The van der Waals surface area contributed by atoms with Crippen LogP contribution in [-0.2, 0) is 21.4 Å². The van der Waals surface area contributed by atoms with Gasteiger partial charge in [-0.2, -0.15) is 4.31 Å². The van der Waals surface area contributed by atoms with E-state index in [1.807, 2.05) is 6.07 Å². The lowest BCUT2D eigenvalue weighted by atomic mass is 9.96. The normalized spacial score (nSPS) is 15.2. The highest BCUT2D eigenvalue weighted by molar-refractivity contribution is 7.89. The first-order valence-electron chi connectivity index (χ1n) is 11.4. The van der Waals surface area contributed by atoms with Crippen molar-refractivity contribution in [1.82, 2.24) is 14.3 Å². The lowest BCUT2D eigenvalue weighted by Gasteiger charge is -2.33. The van der Waals surface area contributed by atoms with Crippen molar-refractivity contribution in [2.45, 2.75) is 24.3 Å². The molecule has 3 heterocycles. The van der Waals surface area contributed by atoms with Crippen LogP contribution in [0.15, 0.2) is 65.8 Å². The van der Waals surface area contributed by atoms with Gasteiger partial charge in [-0.1, -0.05) is 23.5 Å². The Hall–Kier alpha value is -3.35. The molecule has 0 saturated carbocycles. The average Bonchev–Trinajstić information content (AvgIpc) is 3.34. The molecule has 1 fully saturated rings. The molecule has 192 valence electrons. The zero-order valence-electron chi connectivity index (χ0n) is 19.4. The first-order valence-corrected chi connectivity index (χ1v) is 13.7. The Morgan fingerprint density at radius 2 is 1.81 bits per heavy atom. The summed E-state index contributed by atoms with van der Waals surface area (Å²) in [6.07, 6.45) is 3.70. The number of halogens is 3. The molecule has 1 aliphatic rings. The van der Waals surface area contributed by atoms with Crippen LogP contribution in [0.1, 0.15) is 18.4 Å². The second kappa shape index (κ2) is 10.2. The molecule has 37 heavy (non-hydrogen) atoms. The third kappa shape index (κ3) is 5.09. The Balaban J connectivity index is 1.37. The Morgan fingerprint density at radius 1 is 1.03 bits per heavy atom. The van der Waals surface area contributed by atoms with Crippen molar-refractivity contribution in [1.29, 1.82) is 0 Å². The number of carbonyl (C=O) groups is 1. The lowest BCUT2D eigenvalue weighted by molar-refractivity contribution is -0.123. The van der Waals surface area contributed by atoms with E-state index in [0.29, 0.717) is 15.9 Å². The fourth-order valence-electron chi connectivity index (χ4n) is 4.28. The van der Waals surface area contributed by atoms with Gasteiger partial charge in [0.15, 0.2) is 16.8 Å². The van der Waals surface area contributed by atoms with E-state index in [4.69, 9.17) is 0 Å². The number of carbonyl (C=O) groups excluding carboxylic acids is 1. The summed E-state index contributed by atoms with van der Waals surface area (Å²) in [6.45, 7) is 0.237. The van der Waals surface area contributed by atoms with Gasteiger partial charge in [0.1, 0.15) is 11.3 Å². The number of nitrogens with zero attached hydrogens (tertiary/aromatic N) is 4. The Labute approximate surface area is 215 Å². The third-order valence-corrected chi connectivity index (χ3v) is 9.19. The maximum atomic E-state index is 14.3. The van der Waals surface area contributed by atoms with Crippen molar-refractivity contribution in [3.05, 3.63) is 83.9 Å². The van der Waals surface area contributed by atoms with Crippen LogP contribution in [0.3, 0.4) is 0 Å². The lowest BCUT2D eigenvalue weighted by Crippen LogP contribution is -2.44. The maximum absolute atomic E-state index is 14.3. The third-order valence-electron chi connectivity index (χ3n) is 6.25. The smallest absolute Gasteiger partial charge is 0.243 e. The predicted molar refractivity (Wildman–Crippen MR) is 133 cm³/mol. The maximum Gasteiger partial charge on any atom is 0.243 e. The van der Waals surface area contributed by atoms with Gasteiger partial charge in [0.2, 0.25) is 15.9 Å². The molecule has 0 atom stereocenters. The van der Waals surface area contributed by atoms with Crippen LogP contribution in [0.2, 0.25) is 0 Å². The molecule has 0 spiro atoms. The van der Waals surface area contributed by atoms with Gasteiger partial charge in [0.05, 0.1) is 16.1 Å². The summed E-state index contributed by atoms with van der Waals surface area (Å²) in [5, 5.41) is 0.339. The summed E-state index contributed by atoms with van der Waals surface area (Å²) in [4.78, 5) is 23.3. The number of sulfonamides is 1. The molecule has 1 saturated heterocycles. The van der Waals surface area contributed by atoms with E-state index in [1.165, 1.54) is 26.6 Å². The molecule has 12 heteroatoms. The van der Waals surface area contributed by atoms with Crippen molar-refractivity contribution in [2.24, 2.45) is 5.92 Å². The van der Waals surface area contributed by atoms with Crippen molar-refractivity contribution in [3.8, 4) is 0 Å². The van der Waals surface area contributed by atoms with Crippen LogP contribution < -0.4 is 4.90 Å². The summed E-state index contributed by atoms with van der Waals surface area (Å²) in [6, 6.07) is 10.6. The second-order valence-corrected chi connectivity index (χ2v) is 11.6. The molecule has 5 rings (SSSR count). The number of fused-ring (bicyclic) bond motifs is 1. The van der Waals surface area contributed by atoms with Crippen LogP contribution in [0.4, 0.5) is 18.3 Å². The van der Waals surface area contributed by atoms with Gasteiger partial charge < -0.3 is 0 Å². The highest BCUT2D eigenvalue weighted by Gasteiger charge is 2.35. The second-order valence-electron chi connectivity index (χ2n) is 8.62. The van der Waals surface area contributed by atoms with Crippen molar-refractivity contribution >= 4 is 42.6 Å². The first-order chi connectivity index (χ1) is 17.7. The minimum absolute atomic E-state index is 0.0347. The highest BCUT2D eigenvalue weighted by atomic mass is 32.2. The Morgan fingerprint density at radius 3 is 2.49 bits per heavy atom. The molecule has 2 aromatic carbocycles. The van der Waals surface area contributed by atoms with Crippen molar-refractivity contribution in [2.75, 3.05) is 18.0 Å². The standard InChI is InChI=1S/C25H21F3N4O3S2/c26-19-7-6-18(13-21(19)28)37(34,35)31-11-8-17(9-12-31)24(33)32(15-16-3-2-10-29-14-16)25-30-23-20(27)4-1-5-22(23)36-25/h1-7,10,13-14,17H,8-9,11-12,15H2. The number of rotatable bonds is 6. The summed E-state index contributed by atoms with van der Waals surface area (Å²) >= 11 is 1.20. The quantitative estimate of drug-likeness (QED) is 0.349. The van der Waals surface area contributed by atoms with Crippen LogP contribution >= 0.6 is 11.3 Å². The molecule has 1 amide bonds. The number of piperidine rings is 1. The summed E-state index contributed by atoms with van der Waals surface area (Å²) < 4.78 is 68.9. The number of pyridine rings is 1. The first kappa shape index (κ1) is 25.3. The van der Waals surface area contributed by atoms with Crippen LogP contribution in [0.5, 0.6) is 0 Å². The van der Waals surface area contributed by atoms with Crippen LogP contribution in [0.25, 0.3) is 10.2 Å². The number of amides is 1. The average molecular weight is 547 g/mol. The van der Waals surface area contributed by atoms with E-state index in [2.05, 4.69) is 9.97 Å². The zero-order valence-corrected chi connectivity index (χ0v) is 21.0. The summed E-state index contributed by atoms with van der Waals surface area (Å²) in [5.41, 5.74) is 0.938. The van der Waals surface area contributed by atoms with Gasteiger partial charge >= 0.3 is 0 Å². The molecular formula is C25H21F3N4O3S2. The highest BCUT2D eigenvalue weighted by Crippen LogP contribution is 2.34. The molecule has 1 aliphatic heterocycles. The molecule has 0 radical (unpaired) electrons. The summed E-state index contributed by atoms with van der Waals surface area (Å²) in [7, 11) is -4.05. The predicted octanol–water partition coefficient (Wildman–Crippen LogP) is 4.74. The minimum Gasteiger partial charge on any atom is -0.283 e. The Bertz CT molecular complexity index is 1560. The minimum atomic E-state index is -4.05. The monoisotopic (exact) mass is 546 g/mol. The number of hydrogen-bond acceptors (Lipinski definition) is 6. The van der Waals surface area contributed by atoms with Crippen LogP contribution in [-0.4, -0.2) is 41.7 Å². The zero-order chi connectivity index (χ0) is 26.2. The number of thiazole rings is 1. The van der Waals surface area contributed by atoms with Gasteiger partial charge in [-0.15, -0.1) is 0 Å². The number of hydrogen-bond donors (Lipinski definition) is 0. The molecule has 2 aromatic heterocycles. The van der Waals surface area contributed by atoms with Crippen LogP contribution in [0, 0.1) is 23.4 Å². The molecule has 4 aromatic rings. The Kier molecular flexibility index (Phi) is 6.97. The molecule has 0 unspecified atom stereocenters. The topological polar surface area (TPSA) is 83.5 Å². The SMILES string of the molecule is O=C(C1CCN(S(=O)(=O)c2ccc(F)c(F)c2)CC1)N(Cc1cccnc1)c1nc2c(F)cccc2s1. The number of aromatic nitrogens is 2. The van der Waals surface area contributed by atoms with E-state index in [1.54, 1.807) is 30.6 Å². The molecule has 0 aliphatic carbocycles. The fourth-order valence-corrected chi connectivity index (χ4v) is 6.75. The number of para-hydroxylation sites is 1. The van der Waals surface area contributed by atoms with Crippen molar-refractivity contribution < 1.29 is 26.4 Å². The van der Waals surface area contributed by atoms with Gasteiger partial charge in [0, 0.05) is 31.4 Å². The molecule has 0 N–H and O–H groups in total. The van der Waals surface area contributed by atoms with Crippen molar-refractivity contribution in [3.63, 3.8) is 0 Å². The van der Waals surface area contributed by atoms with Gasteiger partial charge in [-0.05, 0) is 54.8 Å². The van der Waals surface area contributed by atoms with E-state index in [-0.39, 0.29) is 48.8 Å².